The van der Waals surface area contributed by atoms with Crippen LogP contribution in [0.1, 0.15) is 23.7 Å². The third kappa shape index (κ3) is 2.25. The number of aryl methyl sites for hydroxylation is 2. The molecule has 18 heavy (non-hydrogen) atoms. The molecule has 0 aliphatic carbocycles. The number of nitrogen functional groups attached to an aromatic ring is 1. The number of hydrogen-bond donors (Lipinski definition) is 1. The first kappa shape index (κ1) is 13.0. The molecule has 2 aromatic rings. The van der Waals surface area contributed by atoms with Gasteiger partial charge in [-0.15, -0.1) is 0 Å². The predicted molar refractivity (Wildman–Crippen MR) is 78.4 cm³/mol. The standard InChI is InChI=1S/C14H16BrN3/c1-4-11-12(15)13(16)18-14(17-11)10-7-5-6-8(2)9(10)3/h5-7H,4H2,1-3H3,(H2,16,17,18). The zero-order chi connectivity index (χ0) is 13.3. The van der Waals surface area contributed by atoms with E-state index in [1.54, 1.807) is 0 Å². The molecular weight excluding hydrogens is 290 g/mol. The number of nitrogens with zero attached hydrogens (tertiary/aromatic N) is 2. The maximum Gasteiger partial charge on any atom is 0.162 e. The van der Waals surface area contributed by atoms with E-state index < -0.39 is 0 Å². The van der Waals surface area contributed by atoms with Gasteiger partial charge in [0, 0.05) is 5.56 Å². The number of benzene rings is 1. The molecule has 0 aliphatic heterocycles. The highest BCUT2D eigenvalue weighted by molar-refractivity contribution is 9.10. The van der Waals surface area contributed by atoms with Gasteiger partial charge >= 0.3 is 0 Å². The maximum absolute atomic E-state index is 5.92. The molecule has 0 unspecified atom stereocenters. The first-order valence-corrected chi connectivity index (χ1v) is 6.72. The lowest BCUT2D eigenvalue weighted by Crippen LogP contribution is -2.03. The van der Waals surface area contributed by atoms with Crippen LogP contribution in [0, 0.1) is 13.8 Å². The second-order valence-corrected chi connectivity index (χ2v) is 5.09. The molecule has 1 aromatic heterocycles. The molecule has 0 spiro atoms. The lowest BCUT2D eigenvalue weighted by Gasteiger charge is -2.10. The molecule has 0 saturated heterocycles. The van der Waals surface area contributed by atoms with E-state index in [0.29, 0.717) is 11.6 Å². The van der Waals surface area contributed by atoms with Crippen LogP contribution in [-0.2, 0) is 6.42 Å². The Morgan fingerprint density at radius 3 is 2.61 bits per heavy atom. The van der Waals surface area contributed by atoms with E-state index in [1.807, 2.05) is 12.1 Å². The summed E-state index contributed by atoms with van der Waals surface area (Å²) >= 11 is 3.43. The molecule has 0 fully saturated rings. The fraction of sp³-hybridized carbons (Fsp3) is 0.286. The van der Waals surface area contributed by atoms with Gasteiger partial charge < -0.3 is 5.73 Å². The largest absolute Gasteiger partial charge is 0.383 e. The summed E-state index contributed by atoms with van der Waals surface area (Å²) in [5, 5.41) is 0. The van der Waals surface area contributed by atoms with Crippen molar-refractivity contribution in [1.29, 1.82) is 0 Å². The zero-order valence-corrected chi connectivity index (χ0v) is 12.4. The van der Waals surface area contributed by atoms with Crippen molar-refractivity contribution >= 4 is 21.7 Å². The van der Waals surface area contributed by atoms with E-state index in [4.69, 9.17) is 5.73 Å². The number of nitrogens with two attached hydrogens (primary N) is 1. The molecule has 0 atom stereocenters. The fourth-order valence-electron chi connectivity index (χ4n) is 1.86. The molecule has 94 valence electrons. The molecule has 0 amide bonds. The normalized spacial score (nSPS) is 10.7. The van der Waals surface area contributed by atoms with Crippen LogP contribution >= 0.6 is 15.9 Å². The minimum Gasteiger partial charge on any atom is -0.383 e. The van der Waals surface area contributed by atoms with Crippen LogP contribution < -0.4 is 5.73 Å². The third-order valence-electron chi connectivity index (χ3n) is 3.13. The summed E-state index contributed by atoms with van der Waals surface area (Å²) in [6, 6.07) is 6.14. The van der Waals surface area contributed by atoms with Gasteiger partial charge in [-0.05, 0) is 47.3 Å². The van der Waals surface area contributed by atoms with Crippen molar-refractivity contribution in [2.75, 3.05) is 5.73 Å². The van der Waals surface area contributed by atoms with Crippen LogP contribution in [0.5, 0.6) is 0 Å². The minimum atomic E-state index is 0.498. The van der Waals surface area contributed by atoms with Crippen molar-refractivity contribution < 1.29 is 0 Å². The Morgan fingerprint density at radius 2 is 1.94 bits per heavy atom. The topological polar surface area (TPSA) is 51.8 Å². The summed E-state index contributed by atoms with van der Waals surface area (Å²) in [5.41, 5.74) is 10.3. The zero-order valence-electron chi connectivity index (χ0n) is 10.8. The summed E-state index contributed by atoms with van der Waals surface area (Å²) in [5.74, 6) is 1.20. The second-order valence-electron chi connectivity index (χ2n) is 4.29. The highest BCUT2D eigenvalue weighted by Gasteiger charge is 2.12. The van der Waals surface area contributed by atoms with Crippen LogP contribution in [0.25, 0.3) is 11.4 Å². The highest BCUT2D eigenvalue weighted by atomic mass is 79.9. The number of anilines is 1. The average Bonchev–Trinajstić information content (AvgIpc) is 2.36. The smallest absolute Gasteiger partial charge is 0.162 e. The molecule has 0 aliphatic rings. The molecule has 0 saturated carbocycles. The monoisotopic (exact) mass is 305 g/mol. The first-order valence-electron chi connectivity index (χ1n) is 5.93. The molecule has 0 radical (unpaired) electrons. The Labute approximate surface area is 116 Å². The van der Waals surface area contributed by atoms with Crippen molar-refractivity contribution in [3.63, 3.8) is 0 Å². The van der Waals surface area contributed by atoms with E-state index in [9.17, 15) is 0 Å². The van der Waals surface area contributed by atoms with Crippen LogP contribution in [0.4, 0.5) is 5.82 Å². The first-order chi connectivity index (χ1) is 8.54. The van der Waals surface area contributed by atoms with Gasteiger partial charge in [0.1, 0.15) is 5.82 Å². The predicted octanol–water partition coefficient (Wildman–Crippen LogP) is 3.67. The molecule has 0 bridgehead atoms. The molecule has 1 heterocycles. The summed E-state index contributed by atoms with van der Waals surface area (Å²) in [6.45, 7) is 6.22. The molecule has 4 heteroatoms. The van der Waals surface area contributed by atoms with Crippen molar-refractivity contribution in [2.24, 2.45) is 0 Å². The van der Waals surface area contributed by atoms with Gasteiger partial charge in [0.25, 0.3) is 0 Å². The van der Waals surface area contributed by atoms with Crippen LogP contribution in [0.3, 0.4) is 0 Å². The summed E-state index contributed by atoms with van der Waals surface area (Å²) < 4.78 is 0.805. The second kappa shape index (κ2) is 5.06. The maximum atomic E-state index is 5.92. The Bertz CT molecular complexity index is 594. The van der Waals surface area contributed by atoms with Crippen molar-refractivity contribution in [2.45, 2.75) is 27.2 Å². The van der Waals surface area contributed by atoms with E-state index >= 15 is 0 Å². The van der Waals surface area contributed by atoms with Gasteiger partial charge in [-0.3, -0.25) is 0 Å². The molecule has 3 nitrogen and oxygen atoms in total. The van der Waals surface area contributed by atoms with Crippen molar-refractivity contribution in [3.05, 3.63) is 39.5 Å². The van der Waals surface area contributed by atoms with Gasteiger partial charge in [0.05, 0.1) is 10.2 Å². The third-order valence-corrected chi connectivity index (χ3v) is 3.99. The molecular formula is C14H16BrN3. The van der Waals surface area contributed by atoms with Crippen molar-refractivity contribution in [3.8, 4) is 11.4 Å². The Hall–Kier alpha value is -1.42. The SMILES string of the molecule is CCc1nc(-c2cccc(C)c2C)nc(N)c1Br. The molecule has 2 rings (SSSR count). The fourth-order valence-corrected chi connectivity index (χ4v) is 2.32. The van der Waals surface area contributed by atoms with Crippen LogP contribution in [0.15, 0.2) is 22.7 Å². The van der Waals surface area contributed by atoms with Crippen molar-refractivity contribution in [1.82, 2.24) is 9.97 Å². The highest BCUT2D eigenvalue weighted by Crippen LogP contribution is 2.28. The van der Waals surface area contributed by atoms with Gasteiger partial charge in [-0.1, -0.05) is 25.1 Å². The molecule has 2 N–H and O–H groups in total. The van der Waals surface area contributed by atoms with E-state index in [0.717, 1.165) is 22.2 Å². The van der Waals surface area contributed by atoms with E-state index in [1.165, 1.54) is 11.1 Å². The van der Waals surface area contributed by atoms with Gasteiger partial charge in [0.15, 0.2) is 5.82 Å². The van der Waals surface area contributed by atoms with Gasteiger partial charge in [-0.2, -0.15) is 0 Å². The average molecular weight is 306 g/mol. The molecule has 1 aromatic carbocycles. The lowest BCUT2D eigenvalue weighted by atomic mass is 10.0. The van der Waals surface area contributed by atoms with E-state index in [2.05, 4.69) is 52.7 Å². The van der Waals surface area contributed by atoms with E-state index in [-0.39, 0.29) is 0 Å². The Balaban J connectivity index is 2.64. The van der Waals surface area contributed by atoms with Gasteiger partial charge in [-0.25, -0.2) is 9.97 Å². The minimum absolute atomic E-state index is 0.498. The van der Waals surface area contributed by atoms with Crippen LogP contribution in [0.2, 0.25) is 0 Å². The number of rotatable bonds is 2. The quantitative estimate of drug-likeness (QED) is 0.921. The Morgan fingerprint density at radius 1 is 1.22 bits per heavy atom. The summed E-state index contributed by atoms with van der Waals surface area (Å²) in [6.07, 6.45) is 0.825. The van der Waals surface area contributed by atoms with Crippen LogP contribution in [-0.4, -0.2) is 9.97 Å². The summed E-state index contributed by atoms with van der Waals surface area (Å²) in [4.78, 5) is 8.96. The summed E-state index contributed by atoms with van der Waals surface area (Å²) in [7, 11) is 0. The number of aromatic nitrogens is 2. The Kier molecular flexibility index (Phi) is 3.66. The number of halogens is 1. The van der Waals surface area contributed by atoms with Gasteiger partial charge in [0.2, 0.25) is 0 Å². The number of hydrogen-bond acceptors (Lipinski definition) is 3. The lowest BCUT2D eigenvalue weighted by molar-refractivity contribution is 0.994.